The number of fused-ring (bicyclic) bond motifs is 1. The number of oxazole rings is 1. The average molecular weight is 494 g/mol. The molecule has 2 aromatic carbocycles. The van der Waals surface area contributed by atoms with Crippen LogP contribution in [0.15, 0.2) is 53.2 Å². The Balaban J connectivity index is 1.44. The number of hydrogen-bond donors (Lipinski definition) is 1. The zero-order valence-electron chi connectivity index (χ0n) is 19.5. The van der Waals surface area contributed by atoms with E-state index >= 15 is 0 Å². The van der Waals surface area contributed by atoms with E-state index in [1.807, 2.05) is 4.90 Å². The van der Waals surface area contributed by atoms with E-state index in [0.29, 0.717) is 57.7 Å². The molecule has 35 heavy (non-hydrogen) atoms. The third-order valence-corrected chi connectivity index (χ3v) is 6.84. The van der Waals surface area contributed by atoms with Gasteiger partial charge < -0.3 is 14.6 Å². The minimum atomic E-state index is -0.398. The lowest BCUT2D eigenvalue weighted by molar-refractivity contribution is 0.0540. The van der Waals surface area contributed by atoms with E-state index in [1.54, 1.807) is 43.6 Å². The Bertz CT molecular complexity index is 1380. The minimum absolute atomic E-state index is 0.107. The number of amides is 1. The molecule has 0 radical (unpaired) electrons. The number of likely N-dealkylation sites (tertiary alicyclic amines) is 1. The summed E-state index contributed by atoms with van der Waals surface area (Å²) in [4.78, 5) is 28.8. The van der Waals surface area contributed by atoms with Gasteiger partial charge in [-0.1, -0.05) is 18.5 Å². The highest BCUT2D eigenvalue weighted by atomic mass is 35.5. The Morgan fingerprint density at radius 2 is 2.06 bits per heavy atom. The number of nitrogens with one attached hydrogen (secondary N) is 1. The Morgan fingerprint density at radius 1 is 1.26 bits per heavy atom. The number of anilines is 1. The van der Waals surface area contributed by atoms with Crippen molar-refractivity contribution in [1.29, 1.82) is 0 Å². The van der Waals surface area contributed by atoms with Crippen molar-refractivity contribution in [1.82, 2.24) is 19.9 Å². The van der Waals surface area contributed by atoms with Gasteiger partial charge in [0.1, 0.15) is 11.3 Å². The van der Waals surface area contributed by atoms with Crippen molar-refractivity contribution in [3.05, 3.63) is 70.8 Å². The number of rotatable bonds is 5. The monoisotopic (exact) mass is 493 g/mol. The molecule has 0 bridgehead atoms. The van der Waals surface area contributed by atoms with Crippen LogP contribution >= 0.6 is 11.6 Å². The molecule has 1 saturated heterocycles. The molecule has 2 aromatic heterocycles. The summed E-state index contributed by atoms with van der Waals surface area (Å²) in [7, 11) is 0. The Labute approximate surface area is 207 Å². The molecular weight excluding hydrogens is 469 g/mol. The van der Waals surface area contributed by atoms with Crippen LogP contribution in [0.2, 0.25) is 5.02 Å². The first-order valence-corrected chi connectivity index (χ1v) is 12.0. The third-order valence-electron chi connectivity index (χ3n) is 6.61. The van der Waals surface area contributed by atoms with Crippen LogP contribution in [0.3, 0.4) is 0 Å². The summed E-state index contributed by atoms with van der Waals surface area (Å²) in [6, 6.07) is 10.1. The van der Waals surface area contributed by atoms with E-state index in [0.717, 1.165) is 12.8 Å². The van der Waals surface area contributed by atoms with Crippen LogP contribution in [-0.2, 0) is 0 Å². The topological polar surface area (TPSA) is 84.2 Å². The van der Waals surface area contributed by atoms with Crippen LogP contribution in [0, 0.1) is 18.7 Å². The van der Waals surface area contributed by atoms with Gasteiger partial charge >= 0.3 is 0 Å². The molecule has 0 saturated carbocycles. The van der Waals surface area contributed by atoms with Crippen molar-refractivity contribution in [2.24, 2.45) is 5.92 Å². The van der Waals surface area contributed by atoms with E-state index in [-0.39, 0.29) is 17.9 Å². The van der Waals surface area contributed by atoms with Crippen molar-refractivity contribution < 1.29 is 13.6 Å². The van der Waals surface area contributed by atoms with Gasteiger partial charge in [0.2, 0.25) is 0 Å². The van der Waals surface area contributed by atoms with E-state index in [1.165, 1.54) is 12.1 Å². The number of benzene rings is 2. The van der Waals surface area contributed by atoms with Crippen LogP contribution in [0.1, 0.15) is 35.7 Å². The number of halogens is 2. The van der Waals surface area contributed by atoms with Gasteiger partial charge in [0.05, 0.1) is 11.6 Å². The summed E-state index contributed by atoms with van der Waals surface area (Å²) in [5.41, 5.74) is 2.48. The highest BCUT2D eigenvalue weighted by molar-refractivity contribution is 6.31. The molecule has 1 amide bonds. The zero-order valence-corrected chi connectivity index (χ0v) is 20.2. The molecule has 1 N–H and O–H groups in total. The summed E-state index contributed by atoms with van der Waals surface area (Å²) in [5.74, 6) is 0.0123. The first kappa shape index (κ1) is 23.2. The highest BCUT2D eigenvalue weighted by Gasteiger charge is 2.34. The van der Waals surface area contributed by atoms with Crippen LogP contribution < -0.4 is 5.32 Å². The van der Waals surface area contributed by atoms with Crippen molar-refractivity contribution in [3.63, 3.8) is 0 Å². The molecular formula is C26H25ClFN5O2. The fourth-order valence-corrected chi connectivity index (χ4v) is 4.88. The summed E-state index contributed by atoms with van der Waals surface area (Å²) in [5, 5.41) is 3.83. The molecule has 1 aliphatic heterocycles. The van der Waals surface area contributed by atoms with Crippen LogP contribution in [0.5, 0.6) is 0 Å². The van der Waals surface area contributed by atoms with Gasteiger partial charge in [0.25, 0.3) is 11.9 Å². The lowest BCUT2D eigenvalue weighted by Crippen LogP contribution is -2.51. The third kappa shape index (κ3) is 4.58. The number of carbonyl (C=O) groups excluding carboxylic acids is 1. The summed E-state index contributed by atoms with van der Waals surface area (Å²) < 4.78 is 20.3. The molecule has 3 heterocycles. The van der Waals surface area contributed by atoms with E-state index in [9.17, 15) is 9.18 Å². The second kappa shape index (κ2) is 9.62. The second-order valence-electron chi connectivity index (χ2n) is 8.86. The summed E-state index contributed by atoms with van der Waals surface area (Å²) in [6.07, 6.45) is 5.06. The molecule has 1 fully saturated rings. The van der Waals surface area contributed by atoms with Crippen LogP contribution in [0.4, 0.5) is 10.4 Å². The molecule has 4 aromatic rings. The predicted molar refractivity (Wildman–Crippen MR) is 133 cm³/mol. The molecule has 0 unspecified atom stereocenters. The van der Waals surface area contributed by atoms with Gasteiger partial charge in [-0.05, 0) is 61.6 Å². The SMILES string of the molecule is Cc1c(F)ccc(C(=O)N2CCC[C@@H](C)[C@H]2CNc2nc3ccc(Cl)cc3o2)c1-c1ncccn1. The molecule has 9 heteroatoms. The molecule has 2 atom stereocenters. The zero-order chi connectivity index (χ0) is 24.5. The smallest absolute Gasteiger partial charge is 0.295 e. The molecule has 5 rings (SSSR count). The average Bonchev–Trinajstić information content (AvgIpc) is 3.26. The van der Waals surface area contributed by atoms with Gasteiger partial charge in [-0.2, -0.15) is 4.98 Å². The van der Waals surface area contributed by atoms with Gasteiger partial charge in [0.15, 0.2) is 11.4 Å². The quantitative estimate of drug-likeness (QED) is 0.381. The number of nitrogens with zero attached hydrogens (tertiary/aromatic N) is 4. The normalized spacial score (nSPS) is 18.1. The Morgan fingerprint density at radius 3 is 2.86 bits per heavy atom. The lowest BCUT2D eigenvalue weighted by atomic mass is 9.89. The maximum atomic E-state index is 14.5. The second-order valence-corrected chi connectivity index (χ2v) is 9.30. The first-order chi connectivity index (χ1) is 16.9. The van der Waals surface area contributed by atoms with Gasteiger partial charge in [0, 0.05) is 42.1 Å². The molecule has 0 aliphatic carbocycles. The van der Waals surface area contributed by atoms with Crippen molar-refractivity contribution in [2.75, 3.05) is 18.4 Å². The lowest BCUT2D eigenvalue weighted by Gasteiger charge is -2.40. The standard InChI is InChI=1S/C26H25ClFN5O2/c1-15-5-3-12-33(21(15)14-31-26-32-20-9-6-17(27)13-22(20)35-26)25(34)18-7-8-19(28)16(2)23(18)24-29-10-4-11-30-24/h4,6-11,13,15,21H,3,5,12,14H2,1-2H3,(H,31,32)/t15-,21-/m1/s1. The molecule has 7 nitrogen and oxygen atoms in total. The van der Waals surface area contributed by atoms with Crippen LogP contribution in [0.25, 0.3) is 22.5 Å². The number of aromatic nitrogens is 3. The predicted octanol–water partition coefficient (Wildman–Crippen LogP) is 5.74. The molecule has 180 valence electrons. The maximum absolute atomic E-state index is 14.5. The fraction of sp³-hybridized carbons (Fsp3) is 0.308. The van der Waals surface area contributed by atoms with E-state index < -0.39 is 5.82 Å². The number of carbonyl (C=O) groups is 1. The van der Waals surface area contributed by atoms with Gasteiger partial charge in [-0.3, -0.25) is 4.79 Å². The van der Waals surface area contributed by atoms with Gasteiger partial charge in [-0.25, -0.2) is 14.4 Å². The first-order valence-electron chi connectivity index (χ1n) is 11.6. The van der Waals surface area contributed by atoms with E-state index in [2.05, 4.69) is 27.2 Å². The number of hydrogen-bond acceptors (Lipinski definition) is 6. The van der Waals surface area contributed by atoms with Crippen LogP contribution in [-0.4, -0.2) is 44.9 Å². The van der Waals surface area contributed by atoms with Crippen molar-refractivity contribution in [2.45, 2.75) is 32.7 Å². The number of piperidine rings is 1. The largest absolute Gasteiger partial charge is 0.424 e. The Kier molecular flexibility index (Phi) is 6.38. The van der Waals surface area contributed by atoms with Gasteiger partial charge in [-0.15, -0.1) is 0 Å². The Hall–Kier alpha value is -3.52. The van der Waals surface area contributed by atoms with Crippen molar-refractivity contribution >= 4 is 34.6 Å². The highest BCUT2D eigenvalue weighted by Crippen LogP contribution is 2.31. The molecule has 0 spiro atoms. The van der Waals surface area contributed by atoms with E-state index in [4.69, 9.17) is 16.0 Å². The minimum Gasteiger partial charge on any atom is -0.424 e. The molecule has 1 aliphatic rings. The van der Waals surface area contributed by atoms with Crippen molar-refractivity contribution in [3.8, 4) is 11.4 Å². The summed E-state index contributed by atoms with van der Waals surface area (Å²) >= 11 is 6.05. The fourth-order valence-electron chi connectivity index (χ4n) is 4.71. The summed E-state index contributed by atoms with van der Waals surface area (Å²) in [6.45, 7) is 4.85. The maximum Gasteiger partial charge on any atom is 0.295 e.